The Hall–Kier alpha value is -1.61. The standard InChI is InChI=1S/C20H31N5O.HI/c1-3-21-20(22-12-7-15-25-16-8-14-24-25)23-13-9-17-26-18(2)19-10-5-4-6-11-19;/h4-6,8,10-11,14,16,18H,3,7,9,12-13,15,17H2,1-2H3,(H2,21,22,23);1H. The van der Waals surface area contributed by atoms with Crippen molar-refractivity contribution >= 4 is 29.9 Å². The molecule has 27 heavy (non-hydrogen) atoms. The van der Waals surface area contributed by atoms with E-state index in [2.05, 4.69) is 46.7 Å². The summed E-state index contributed by atoms with van der Waals surface area (Å²) in [5, 5.41) is 10.8. The zero-order valence-electron chi connectivity index (χ0n) is 16.3. The fourth-order valence-electron chi connectivity index (χ4n) is 2.56. The lowest BCUT2D eigenvalue weighted by Crippen LogP contribution is -2.38. The van der Waals surface area contributed by atoms with Gasteiger partial charge in [0.25, 0.3) is 0 Å². The second-order valence-electron chi connectivity index (χ2n) is 6.09. The van der Waals surface area contributed by atoms with Crippen molar-refractivity contribution in [3.8, 4) is 0 Å². The van der Waals surface area contributed by atoms with Crippen LogP contribution in [0.5, 0.6) is 0 Å². The molecule has 2 rings (SSSR count). The number of aryl methyl sites for hydroxylation is 1. The number of aromatic nitrogens is 2. The fraction of sp³-hybridized carbons (Fsp3) is 0.500. The lowest BCUT2D eigenvalue weighted by molar-refractivity contribution is 0.0646. The zero-order chi connectivity index (χ0) is 18.5. The van der Waals surface area contributed by atoms with Gasteiger partial charge in [0.15, 0.2) is 5.96 Å². The monoisotopic (exact) mass is 485 g/mol. The topological polar surface area (TPSA) is 63.5 Å². The first kappa shape index (κ1) is 23.4. The molecule has 1 atom stereocenters. The summed E-state index contributed by atoms with van der Waals surface area (Å²) < 4.78 is 7.83. The predicted octanol–water partition coefficient (Wildman–Crippen LogP) is 3.61. The second kappa shape index (κ2) is 14.4. The van der Waals surface area contributed by atoms with E-state index in [4.69, 9.17) is 4.74 Å². The molecule has 0 aliphatic carbocycles. The smallest absolute Gasteiger partial charge is 0.191 e. The highest BCUT2D eigenvalue weighted by Gasteiger charge is 2.04. The molecular formula is C20H32IN5O. The van der Waals surface area contributed by atoms with E-state index >= 15 is 0 Å². The molecule has 0 bridgehead atoms. The van der Waals surface area contributed by atoms with E-state index in [-0.39, 0.29) is 30.1 Å². The van der Waals surface area contributed by atoms with Crippen LogP contribution >= 0.6 is 24.0 Å². The largest absolute Gasteiger partial charge is 0.374 e. The van der Waals surface area contributed by atoms with Gasteiger partial charge in [-0.3, -0.25) is 9.67 Å². The third kappa shape index (κ3) is 9.76. The van der Waals surface area contributed by atoms with Gasteiger partial charge in [-0.1, -0.05) is 30.3 Å². The van der Waals surface area contributed by atoms with Crippen LogP contribution in [-0.4, -0.2) is 42.0 Å². The summed E-state index contributed by atoms with van der Waals surface area (Å²) in [5.74, 6) is 0.865. The number of guanidine groups is 1. The van der Waals surface area contributed by atoms with Crippen LogP contribution in [0.2, 0.25) is 0 Å². The molecule has 0 aliphatic heterocycles. The van der Waals surface area contributed by atoms with Gasteiger partial charge < -0.3 is 15.4 Å². The number of ether oxygens (including phenoxy) is 1. The third-order valence-electron chi connectivity index (χ3n) is 3.97. The van der Waals surface area contributed by atoms with Gasteiger partial charge in [-0.05, 0) is 38.3 Å². The van der Waals surface area contributed by atoms with Crippen molar-refractivity contribution in [3.05, 3.63) is 54.4 Å². The first-order chi connectivity index (χ1) is 12.8. The minimum absolute atomic E-state index is 0. The van der Waals surface area contributed by atoms with Crippen LogP contribution in [0.3, 0.4) is 0 Å². The van der Waals surface area contributed by atoms with Gasteiger partial charge in [0.2, 0.25) is 0 Å². The number of hydrogen-bond acceptors (Lipinski definition) is 3. The van der Waals surface area contributed by atoms with Crippen LogP contribution in [-0.2, 0) is 11.3 Å². The summed E-state index contributed by atoms with van der Waals surface area (Å²) in [5.41, 5.74) is 1.22. The first-order valence-corrected chi connectivity index (χ1v) is 9.45. The van der Waals surface area contributed by atoms with E-state index in [1.807, 2.05) is 35.1 Å². The number of nitrogens with zero attached hydrogens (tertiary/aromatic N) is 3. The molecule has 2 aromatic rings. The van der Waals surface area contributed by atoms with E-state index in [0.29, 0.717) is 0 Å². The molecule has 0 spiro atoms. The quantitative estimate of drug-likeness (QED) is 0.221. The fourth-order valence-corrected chi connectivity index (χ4v) is 2.56. The Balaban J connectivity index is 0.00000364. The minimum atomic E-state index is 0. The molecule has 1 unspecified atom stereocenters. The van der Waals surface area contributed by atoms with E-state index in [9.17, 15) is 0 Å². The average Bonchev–Trinajstić information content (AvgIpc) is 3.19. The van der Waals surface area contributed by atoms with Gasteiger partial charge in [0, 0.05) is 45.2 Å². The maximum Gasteiger partial charge on any atom is 0.191 e. The Morgan fingerprint density at radius 1 is 1.19 bits per heavy atom. The van der Waals surface area contributed by atoms with E-state index in [1.165, 1.54) is 5.56 Å². The highest BCUT2D eigenvalue weighted by atomic mass is 127. The van der Waals surface area contributed by atoms with E-state index in [0.717, 1.165) is 51.6 Å². The average molecular weight is 485 g/mol. The number of nitrogens with one attached hydrogen (secondary N) is 2. The predicted molar refractivity (Wildman–Crippen MR) is 122 cm³/mol. The number of benzene rings is 1. The Labute approximate surface area is 179 Å². The molecule has 1 aromatic heterocycles. The van der Waals surface area contributed by atoms with Crippen LogP contribution < -0.4 is 10.6 Å². The molecule has 7 heteroatoms. The van der Waals surface area contributed by atoms with Gasteiger partial charge in [0.05, 0.1) is 6.10 Å². The Kier molecular flexibility index (Phi) is 12.5. The molecule has 6 nitrogen and oxygen atoms in total. The molecule has 0 amide bonds. The van der Waals surface area contributed by atoms with E-state index in [1.54, 1.807) is 6.20 Å². The van der Waals surface area contributed by atoms with Crippen molar-refractivity contribution in [2.24, 2.45) is 4.99 Å². The van der Waals surface area contributed by atoms with Gasteiger partial charge >= 0.3 is 0 Å². The van der Waals surface area contributed by atoms with Crippen LogP contribution in [0.25, 0.3) is 0 Å². The molecule has 0 saturated carbocycles. The van der Waals surface area contributed by atoms with Crippen molar-refractivity contribution < 1.29 is 4.74 Å². The summed E-state index contributed by atoms with van der Waals surface area (Å²) >= 11 is 0. The van der Waals surface area contributed by atoms with Crippen LogP contribution in [0.4, 0.5) is 0 Å². The molecular weight excluding hydrogens is 453 g/mol. The highest BCUT2D eigenvalue weighted by Crippen LogP contribution is 2.15. The van der Waals surface area contributed by atoms with Crippen molar-refractivity contribution in [2.75, 3.05) is 26.2 Å². The Bertz CT molecular complexity index is 619. The molecule has 2 N–H and O–H groups in total. The van der Waals surface area contributed by atoms with Crippen LogP contribution in [0, 0.1) is 0 Å². The molecule has 0 fully saturated rings. The van der Waals surface area contributed by atoms with Gasteiger partial charge in [-0.15, -0.1) is 24.0 Å². The summed E-state index contributed by atoms with van der Waals surface area (Å²) in [6.45, 7) is 8.25. The Morgan fingerprint density at radius 2 is 2.00 bits per heavy atom. The second-order valence-corrected chi connectivity index (χ2v) is 6.09. The van der Waals surface area contributed by atoms with Crippen LogP contribution in [0.15, 0.2) is 53.8 Å². The summed E-state index contributed by atoms with van der Waals surface area (Å²) in [6, 6.07) is 12.3. The SMILES string of the molecule is CCNC(=NCCCn1cccn1)NCCCOC(C)c1ccccc1.I. The number of hydrogen-bond donors (Lipinski definition) is 2. The molecule has 150 valence electrons. The van der Waals surface area contributed by atoms with Gasteiger partial charge in [-0.25, -0.2) is 0 Å². The third-order valence-corrected chi connectivity index (χ3v) is 3.97. The summed E-state index contributed by atoms with van der Waals surface area (Å²) in [6.07, 6.45) is 5.81. The van der Waals surface area contributed by atoms with Gasteiger partial charge in [0.1, 0.15) is 0 Å². The minimum Gasteiger partial charge on any atom is -0.374 e. The van der Waals surface area contributed by atoms with Crippen molar-refractivity contribution in [2.45, 2.75) is 39.3 Å². The van der Waals surface area contributed by atoms with Crippen molar-refractivity contribution in [1.29, 1.82) is 0 Å². The molecule has 0 aliphatic rings. The van der Waals surface area contributed by atoms with E-state index < -0.39 is 0 Å². The van der Waals surface area contributed by atoms with Crippen LogP contribution in [0.1, 0.15) is 38.4 Å². The maximum atomic E-state index is 5.90. The zero-order valence-corrected chi connectivity index (χ0v) is 18.6. The van der Waals surface area contributed by atoms with Crippen molar-refractivity contribution in [3.63, 3.8) is 0 Å². The van der Waals surface area contributed by atoms with Gasteiger partial charge in [-0.2, -0.15) is 5.10 Å². The maximum absolute atomic E-state index is 5.90. The number of rotatable bonds is 11. The Morgan fingerprint density at radius 3 is 2.70 bits per heavy atom. The molecule has 0 saturated heterocycles. The normalized spacial score (nSPS) is 12.3. The lowest BCUT2D eigenvalue weighted by atomic mass is 10.1. The molecule has 0 radical (unpaired) electrons. The summed E-state index contributed by atoms with van der Waals surface area (Å²) in [7, 11) is 0. The molecule has 1 aromatic carbocycles. The first-order valence-electron chi connectivity index (χ1n) is 9.45. The molecule has 1 heterocycles. The lowest BCUT2D eigenvalue weighted by Gasteiger charge is -2.14. The summed E-state index contributed by atoms with van der Waals surface area (Å²) in [4.78, 5) is 4.61. The van der Waals surface area contributed by atoms with Crippen molar-refractivity contribution in [1.82, 2.24) is 20.4 Å². The highest BCUT2D eigenvalue weighted by molar-refractivity contribution is 14.0. The number of halogens is 1. The number of aliphatic imine (C=N–C) groups is 1.